The highest BCUT2D eigenvalue weighted by molar-refractivity contribution is 6.14. The van der Waals surface area contributed by atoms with Crippen LogP contribution in [0.25, 0.3) is 60.6 Å². The van der Waals surface area contributed by atoms with Crippen LogP contribution in [0, 0.1) is 0 Å². The van der Waals surface area contributed by atoms with E-state index < -0.39 is 0 Å². The van der Waals surface area contributed by atoms with Gasteiger partial charge in [-0.3, -0.25) is 0 Å². The van der Waals surface area contributed by atoms with Gasteiger partial charge in [0.25, 0.3) is 0 Å². The standard InChI is InChI=1S/C37H24N2O2/c1-2-8-23(9-3-1)25-16-19-32-29(22-25)35-33(40-32)20-21-34-36(35)38-37(41-34)24-14-17-26(18-15-24)39-30-12-6-4-10-27(30)28-11-5-7-13-31(28)39/h1-22,37-38H. The average Bonchev–Trinajstić information content (AvgIpc) is 3.73. The Balaban J connectivity index is 1.10. The summed E-state index contributed by atoms with van der Waals surface area (Å²) in [5.41, 5.74) is 9.63. The van der Waals surface area contributed by atoms with Gasteiger partial charge in [-0.1, -0.05) is 84.9 Å². The quantitative estimate of drug-likeness (QED) is 0.248. The van der Waals surface area contributed by atoms with Crippen LogP contribution in [-0.4, -0.2) is 4.57 Å². The van der Waals surface area contributed by atoms with Gasteiger partial charge in [0, 0.05) is 27.4 Å². The molecule has 3 heterocycles. The molecule has 0 aliphatic carbocycles. The summed E-state index contributed by atoms with van der Waals surface area (Å²) in [6.07, 6.45) is -0.287. The first-order valence-electron chi connectivity index (χ1n) is 13.9. The second kappa shape index (κ2) is 8.51. The largest absolute Gasteiger partial charge is 0.464 e. The minimum absolute atomic E-state index is 0.287. The molecule has 0 radical (unpaired) electrons. The summed E-state index contributed by atoms with van der Waals surface area (Å²) in [5, 5.41) is 8.31. The zero-order valence-corrected chi connectivity index (χ0v) is 22.0. The Kier molecular flexibility index (Phi) is 4.64. The first kappa shape index (κ1) is 22.3. The maximum atomic E-state index is 6.45. The van der Waals surface area contributed by atoms with Gasteiger partial charge in [-0.25, -0.2) is 0 Å². The van der Waals surface area contributed by atoms with Crippen molar-refractivity contribution in [2.45, 2.75) is 6.23 Å². The molecule has 0 bridgehead atoms. The molecule has 1 atom stereocenters. The van der Waals surface area contributed by atoms with Crippen molar-refractivity contribution in [1.82, 2.24) is 4.57 Å². The van der Waals surface area contributed by atoms with Crippen molar-refractivity contribution >= 4 is 49.4 Å². The van der Waals surface area contributed by atoms with E-state index >= 15 is 0 Å². The van der Waals surface area contributed by atoms with E-state index in [1.807, 2.05) is 18.2 Å². The van der Waals surface area contributed by atoms with Crippen molar-refractivity contribution in [3.05, 3.63) is 139 Å². The number of para-hydroxylation sites is 2. The van der Waals surface area contributed by atoms with Gasteiger partial charge in [0.15, 0.2) is 6.23 Å². The van der Waals surface area contributed by atoms with Gasteiger partial charge in [-0.15, -0.1) is 0 Å². The van der Waals surface area contributed by atoms with Crippen LogP contribution < -0.4 is 10.1 Å². The molecule has 9 rings (SSSR count). The van der Waals surface area contributed by atoms with Gasteiger partial charge >= 0.3 is 0 Å². The second-order valence-electron chi connectivity index (χ2n) is 10.6. The third-order valence-corrected chi connectivity index (χ3v) is 8.26. The maximum Gasteiger partial charge on any atom is 0.196 e. The predicted molar refractivity (Wildman–Crippen MR) is 167 cm³/mol. The molecular weight excluding hydrogens is 504 g/mol. The molecule has 6 aromatic carbocycles. The molecule has 1 N–H and O–H groups in total. The topological polar surface area (TPSA) is 39.3 Å². The first-order chi connectivity index (χ1) is 20.3. The number of furan rings is 1. The smallest absolute Gasteiger partial charge is 0.196 e. The number of benzene rings is 6. The number of rotatable bonds is 3. The minimum Gasteiger partial charge on any atom is -0.464 e. The summed E-state index contributed by atoms with van der Waals surface area (Å²) in [7, 11) is 0. The van der Waals surface area contributed by atoms with Gasteiger partial charge < -0.3 is 19.0 Å². The molecule has 0 saturated heterocycles. The number of fused-ring (bicyclic) bond motifs is 8. The van der Waals surface area contributed by atoms with E-state index in [1.165, 1.54) is 27.4 Å². The van der Waals surface area contributed by atoms with E-state index in [9.17, 15) is 0 Å². The van der Waals surface area contributed by atoms with Crippen molar-refractivity contribution in [3.8, 4) is 22.6 Å². The average molecular weight is 529 g/mol. The highest BCUT2D eigenvalue weighted by Crippen LogP contribution is 2.47. The summed E-state index contributed by atoms with van der Waals surface area (Å²) in [5.74, 6) is 0.835. The van der Waals surface area contributed by atoms with E-state index in [1.54, 1.807) is 0 Å². The van der Waals surface area contributed by atoms with Crippen LogP contribution in [0.5, 0.6) is 5.75 Å². The van der Waals surface area contributed by atoms with Crippen molar-refractivity contribution in [3.63, 3.8) is 0 Å². The number of aromatic nitrogens is 1. The number of nitrogens with zero attached hydrogens (tertiary/aromatic N) is 1. The Hall–Kier alpha value is -5.48. The number of hydrogen-bond acceptors (Lipinski definition) is 3. The van der Waals surface area contributed by atoms with Crippen LogP contribution in [0.2, 0.25) is 0 Å². The van der Waals surface area contributed by atoms with E-state index in [4.69, 9.17) is 9.15 Å². The molecule has 4 nitrogen and oxygen atoms in total. The summed E-state index contributed by atoms with van der Waals surface area (Å²) in [6, 6.07) is 46.7. The highest BCUT2D eigenvalue weighted by Gasteiger charge is 2.27. The van der Waals surface area contributed by atoms with Crippen LogP contribution in [-0.2, 0) is 0 Å². The number of ether oxygens (including phenoxy) is 1. The maximum absolute atomic E-state index is 6.45. The zero-order chi connectivity index (χ0) is 26.9. The molecule has 0 saturated carbocycles. The molecule has 194 valence electrons. The normalized spacial score (nSPS) is 14.5. The van der Waals surface area contributed by atoms with Gasteiger partial charge in [-0.2, -0.15) is 0 Å². The fourth-order valence-corrected chi connectivity index (χ4v) is 6.34. The molecule has 1 unspecified atom stereocenters. The van der Waals surface area contributed by atoms with Crippen molar-refractivity contribution in [1.29, 1.82) is 0 Å². The Morgan fingerprint density at radius 2 is 1.24 bits per heavy atom. The summed E-state index contributed by atoms with van der Waals surface area (Å²) in [4.78, 5) is 0. The van der Waals surface area contributed by atoms with Crippen LogP contribution in [0.1, 0.15) is 11.8 Å². The molecule has 8 aromatic rings. The molecule has 41 heavy (non-hydrogen) atoms. The summed E-state index contributed by atoms with van der Waals surface area (Å²) in [6.45, 7) is 0. The number of anilines is 1. The Morgan fingerprint density at radius 1 is 0.561 bits per heavy atom. The fraction of sp³-hybridized carbons (Fsp3) is 0.0270. The van der Waals surface area contributed by atoms with E-state index in [2.05, 4.69) is 125 Å². The van der Waals surface area contributed by atoms with Crippen LogP contribution in [0.4, 0.5) is 5.69 Å². The minimum atomic E-state index is -0.287. The van der Waals surface area contributed by atoms with Crippen LogP contribution >= 0.6 is 0 Å². The summed E-state index contributed by atoms with van der Waals surface area (Å²) < 4.78 is 15.0. The lowest BCUT2D eigenvalue weighted by molar-refractivity contribution is 0.260. The lowest BCUT2D eigenvalue weighted by atomic mass is 10.0. The van der Waals surface area contributed by atoms with E-state index in [0.29, 0.717) is 0 Å². The summed E-state index contributed by atoms with van der Waals surface area (Å²) >= 11 is 0. The Morgan fingerprint density at radius 3 is 2.00 bits per heavy atom. The molecule has 0 fully saturated rings. The van der Waals surface area contributed by atoms with Crippen LogP contribution in [0.15, 0.2) is 138 Å². The van der Waals surface area contributed by atoms with Crippen LogP contribution in [0.3, 0.4) is 0 Å². The third kappa shape index (κ3) is 3.34. The molecule has 0 amide bonds. The second-order valence-corrected chi connectivity index (χ2v) is 10.6. The first-order valence-corrected chi connectivity index (χ1v) is 13.9. The fourth-order valence-electron chi connectivity index (χ4n) is 6.34. The zero-order valence-electron chi connectivity index (χ0n) is 22.0. The predicted octanol–water partition coefficient (Wildman–Crippen LogP) is 9.85. The Bertz CT molecular complexity index is 2210. The molecule has 1 aliphatic heterocycles. The molecule has 2 aromatic heterocycles. The SMILES string of the molecule is c1ccc(-c2ccc3oc4ccc5c(c4c3c2)NC(c2ccc(-n3c4ccccc4c4ccccc43)cc2)O5)cc1. The molecule has 4 heteroatoms. The Labute approximate surface area is 236 Å². The molecule has 0 spiro atoms. The van der Waals surface area contributed by atoms with Crippen molar-refractivity contribution in [2.24, 2.45) is 0 Å². The monoisotopic (exact) mass is 528 g/mol. The van der Waals surface area contributed by atoms with Crippen molar-refractivity contribution in [2.75, 3.05) is 5.32 Å². The molecule has 1 aliphatic rings. The van der Waals surface area contributed by atoms with Gasteiger partial charge in [0.05, 0.1) is 22.1 Å². The van der Waals surface area contributed by atoms with E-state index in [-0.39, 0.29) is 6.23 Å². The lowest BCUT2D eigenvalue weighted by Crippen LogP contribution is -2.10. The van der Waals surface area contributed by atoms with Gasteiger partial charge in [-0.05, 0) is 59.7 Å². The number of nitrogens with one attached hydrogen (secondary N) is 1. The highest BCUT2D eigenvalue weighted by atomic mass is 16.5. The van der Waals surface area contributed by atoms with E-state index in [0.717, 1.165) is 50.2 Å². The van der Waals surface area contributed by atoms with Gasteiger partial charge in [0.1, 0.15) is 16.9 Å². The van der Waals surface area contributed by atoms with Crippen molar-refractivity contribution < 1.29 is 9.15 Å². The lowest BCUT2D eigenvalue weighted by Gasteiger charge is -2.13. The molecular formula is C37H24N2O2. The third-order valence-electron chi connectivity index (χ3n) is 8.26. The number of hydrogen-bond donors (Lipinski definition) is 1. The van der Waals surface area contributed by atoms with Gasteiger partial charge in [0.2, 0.25) is 0 Å².